The number of carbonyl (C=O) groups is 2. The zero-order chi connectivity index (χ0) is 14.5. The van der Waals surface area contributed by atoms with Crippen LogP contribution >= 0.6 is 23.2 Å². The average molecular weight is 313 g/mol. The highest BCUT2D eigenvalue weighted by Gasteiger charge is 2.16. The van der Waals surface area contributed by atoms with Crippen molar-refractivity contribution in [1.29, 1.82) is 0 Å². The molecule has 1 heterocycles. The lowest BCUT2D eigenvalue weighted by Gasteiger charge is -2.08. The molecular formula is C13H10Cl2N2O3. The van der Waals surface area contributed by atoms with Gasteiger partial charge in [0.2, 0.25) is 0 Å². The second kappa shape index (κ2) is 6.45. The molecule has 7 heteroatoms. The SMILES string of the molecule is O=C(NCc1ccco1)C(=O)Nc1c(Cl)cccc1Cl. The fourth-order valence-corrected chi connectivity index (χ4v) is 1.94. The summed E-state index contributed by atoms with van der Waals surface area (Å²) in [5.74, 6) is -1.12. The Morgan fingerprint density at radius 2 is 1.75 bits per heavy atom. The van der Waals surface area contributed by atoms with Gasteiger partial charge in [-0.1, -0.05) is 29.3 Å². The maximum atomic E-state index is 11.7. The van der Waals surface area contributed by atoms with Gasteiger partial charge in [-0.3, -0.25) is 9.59 Å². The normalized spacial score (nSPS) is 10.1. The lowest BCUT2D eigenvalue weighted by atomic mass is 10.3. The first-order valence-electron chi connectivity index (χ1n) is 5.63. The first-order chi connectivity index (χ1) is 9.58. The minimum Gasteiger partial charge on any atom is -0.467 e. The number of halogens is 2. The molecule has 104 valence electrons. The molecule has 2 aromatic rings. The molecule has 0 fully saturated rings. The minimum absolute atomic E-state index is 0.121. The monoisotopic (exact) mass is 312 g/mol. The van der Waals surface area contributed by atoms with Crippen LogP contribution in [-0.4, -0.2) is 11.8 Å². The summed E-state index contributed by atoms with van der Waals surface area (Å²) in [6.45, 7) is 0.121. The van der Waals surface area contributed by atoms with Gasteiger partial charge in [-0.25, -0.2) is 0 Å². The molecule has 2 rings (SSSR count). The summed E-state index contributed by atoms with van der Waals surface area (Å²) in [4.78, 5) is 23.3. The van der Waals surface area contributed by atoms with Gasteiger partial charge in [-0.2, -0.15) is 0 Å². The Bertz CT molecular complexity index is 606. The van der Waals surface area contributed by atoms with Crippen molar-refractivity contribution in [1.82, 2.24) is 5.32 Å². The number of amides is 2. The Balaban J connectivity index is 1.96. The van der Waals surface area contributed by atoms with Crippen molar-refractivity contribution in [3.63, 3.8) is 0 Å². The molecule has 0 saturated carbocycles. The number of hydrogen-bond donors (Lipinski definition) is 2. The van der Waals surface area contributed by atoms with Crippen LogP contribution in [0, 0.1) is 0 Å². The van der Waals surface area contributed by atoms with Crippen LogP contribution in [0.1, 0.15) is 5.76 Å². The first kappa shape index (κ1) is 14.4. The predicted octanol–water partition coefficient (Wildman–Crippen LogP) is 2.84. The quantitative estimate of drug-likeness (QED) is 0.856. The van der Waals surface area contributed by atoms with E-state index >= 15 is 0 Å². The van der Waals surface area contributed by atoms with Gasteiger partial charge in [0, 0.05) is 0 Å². The number of nitrogens with one attached hydrogen (secondary N) is 2. The molecule has 1 aromatic heterocycles. The van der Waals surface area contributed by atoms with Crippen LogP contribution in [0.4, 0.5) is 5.69 Å². The van der Waals surface area contributed by atoms with Crippen LogP contribution in [0.5, 0.6) is 0 Å². The van der Waals surface area contributed by atoms with Gasteiger partial charge in [0.15, 0.2) is 0 Å². The maximum absolute atomic E-state index is 11.7. The standard InChI is InChI=1S/C13H10Cl2N2O3/c14-9-4-1-5-10(15)11(9)17-13(19)12(18)16-7-8-3-2-6-20-8/h1-6H,7H2,(H,16,18)(H,17,19). The molecule has 0 aliphatic carbocycles. The van der Waals surface area contributed by atoms with E-state index < -0.39 is 11.8 Å². The molecule has 0 aliphatic rings. The van der Waals surface area contributed by atoms with Crippen LogP contribution in [0.25, 0.3) is 0 Å². The molecule has 2 N–H and O–H groups in total. The third-order valence-corrected chi connectivity index (χ3v) is 3.04. The molecular weight excluding hydrogens is 303 g/mol. The van der Waals surface area contributed by atoms with E-state index in [0.29, 0.717) is 5.76 Å². The number of anilines is 1. The van der Waals surface area contributed by atoms with Gasteiger partial charge in [0.1, 0.15) is 5.76 Å². The van der Waals surface area contributed by atoms with Gasteiger partial charge in [0.05, 0.1) is 28.5 Å². The summed E-state index contributed by atoms with van der Waals surface area (Å²) in [5, 5.41) is 5.28. The predicted molar refractivity (Wildman–Crippen MR) is 75.6 cm³/mol. The van der Waals surface area contributed by atoms with Crippen LogP contribution in [0.3, 0.4) is 0 Å². The van der Waals surface area contributed by atoms with Gasteiger partial charge in [0.25, 0.3) is 0 Å². The summed E-state index contributed by atoms with van der Waals surface area (Å²) in [6.07, 6.45) is 1.48. The average Bonchev–Trinajstić information content (AvgIpc) is 2.93. The van der Waals surface area contributed by atoms with Crippen molar-refractivity contribution in [2.75, 3.05) is 5.32 Å². The van der Waals surface area contributed by atoms with E-state index in [0.717, 1.165) is 0 Å². The van der Waals surface area contributed by atoms with Crippen LogP contribution < -0.4 is 10.6 Å². The molecule has 0 bridgehead atoms. The lowest BCUT2D eigenvalue weighted by Crippen LogP contribution is -2.35. The van der Waals surface area contributed by atoms with Gasteiger partial charge in [-0.05, 0) is 24.3 Å². The van der Waals surface area contributed by atoms with Crippen LogP contribution in [-0.2, 0) is 16.1 Å². The molecule has 0 saturated heterocycles. The zero-order valence-corrected chi connectivity index (χ0v) is 11.7. The third kappa shape index (κ3) is 3.53. The molecule has 0 spiro atoms. The molecule has 0 radical (unpaired) electrons. The highest BCUT2D eigenvalue weighted by molar-refractivity contribution is 6.44. The van der Waals surface area contributed by atoms with E-state index in [9.17, 15) is 9.59 Å². The third-order valence-electron chi connectivity index (χ3n) is 2.41. The Labute approximate surface area is 124 Å². The number of para-hydroxylation sites is 1. The van der Waals surface area contributed by atoms with E-state index in [4.69, 9.17) is 27.6 Å². The largest absolute Gasteiger partial charge is 0.467 e. The number of rotatable bonds is 3. The van der Waals surface area contributed by atoms with Crippen LogP contribution in [0.2, 0.25) is 10.0 Å². The fourth-order valence-electron chi connectivity index (χ4n) is 1.45. The molecule has 5 nitrogen and oxygen atoms in total. The first-order valence-corrected chi connectivity index (χ1v) is 6.39. The summed E-state index contributed by atoms with van der Waals surface area (Å²) >= 11 is 11.8. The van der Waals surface area contributed by atoms with Crippen molar-refractivity contribution in [3.8, 4) is 0 Å². The Kier molecular flexibility index (Phi) is 4.65. The summed E-state index contributed by atoms with van der Waals surface area (Å²) < 4.78 is 5.03. The van der Waals surface area contributed by atoms with Gasteiger partial charge >= 0.3 is 11.8 Å². The fraction of sp³-hybridized carbons (Fsp3) is 0.0769. The Morgan fingerprint density at radius 1 is 1.05 bits per heavy atom. The molecule has 1 aromatic carbocycles. The van der Waals surface area contributed by atoms with Crippen molar-refractivity contribution >= 4 is 40.7 Å². The molecule has 2 amide bonds. The van der Waals surface area contributed by atoms with Gasteiger partial charge in [-0.15, -0.1) is 0 Å². The molecule has 20 heavy (non-hydrogen) atoms. The van der Waals surface area contributed by atoms with E-state index in [1.807, 2.05) is 0 Å². The smallest absolute Gasteiger partial charge is 0.313 e. The van der Waals surface area contributed by atoms with Crippen molar-refractivity contribution < 1.29 is 14.0 Å². The van der Waals surface area contributed by atoms with Crippen molar-refractivity contribution in [2.45, 2.75) is 6.54 Å². The van der Waals surface area contributed by atoms with E-state index in [1.54, 1.807) is 30.3 Å². The highest BCUT2D eigenvalue weighted by Crippen LogP contribution is 2.29. The Morgan fingerprint density at radius 3 is 2.35 bits per heavy atom. The summed E-state index contributed by atoms with van der Waals surface area (Å²) in [5.41, 5.74) is 0.203. The second-order valence-electron chi connectivity index (χ2n) is 3.81. The molecule has 0 atom stereocenters. The van der Waals surface area contributed by atoms with Crippen LogP contribution in [0.15, 0.2) is 41.0 Å². The number of carbonyl (C=O) groups excluding carboxylic acids is 2. The lowest BCUT2D eigenvalue weighted by molar-refractivity contribution is -0.136. The topological polar surface area (TPSA) is 71.3 Å². The van der Waals surface area contributed by atoms with E-state index in [2.05, 4.69) is 10.6 Å². The molecule has 0 unspecified atom stereocenters. The molecule has 0 aliphatic heterocycles. The summed E-state index contributed by atoms with van der Waals surface area (Å²) in [6, 6.07) is 8.12. The van der Waals surface area contributed by atoms with E-state index in [1.165, 1.54) is 6.26 Å². The minimum atomic E-state index is -0.855. The highest BCUT2D eigenvalue weighted by atomic mass is 35.5. The summed E-state index contributed by atoms with van der Waals surface area (Å²) in [7, 11) is 0. The number of furan rings is 1. The second-order valence-corrected chi connectivity index (χ2v) is 4.63. The van der Waals surface area contributed by atoms with Gasteiger partial charge < -0.3 is 15.1 Å². The maximum Gasteiger partial charge on any atom is 0.313 e. The van der Waals surface area contributed by atoms with Crippen molar-refractivity contribution in [3.05, 3.63) is 52.4 Å². The Hall–Kier alpha value is -1.98. The number of benzene rings is 1. The van der Waals surface area contributed by atoms with E-state index in [-0.39, 0.29) is 22.3 Å². The number of hydrogen-bond acceptors (Lipinski definition) is 3. The zero-order valence-electron chi connectivity index (χ0n) is 10.2. The van der Waals surface area contributed by atoms with Crippen molar-refractivity contribution in [2.24, 2.45) is 0 Å².